The van der Waals surface area contributed by atoms with Gasteiger partial charge < -0.3 is 4.74 Å². The maximum absolute atomic E-state index is 5.96. The number of ether oxygens (including phenoxy) is 1. The quantitative estimate of drug-likeness (QED) is 0.399. The average molecular weight is 414 g/mol. The largest absolute Gasteiger partial charge is 0.489 e. The highest BCUT2D eigenvalue weighted by Gasteiger charge is 2.23. The van der Waals surface area contributed by atoms with Crippen LogP contribution in [0.3, 0.4) is 0 Å². The normalized spacial score (nSPS) is 15.6. The molecule has 31 heavy (non-hydrogen) atoms. The Balaban J connectivity index is 1.63. The minimum absolute atomic E-state index is 0.501. The zero-order valence-corrected chi connectivity index (χ0v) is 18.6. The summed E-state index contributed by atoms with van der Waals surface area (Å²) in [6.07, 6.45) is 18.1. The minimum atomic E-state index is 0.501. The average Bonchev–Trinajstić information content (AvgIpc) is 3.20. The van der Waals surface area contributed by atoms with Crippen LogP contribution in [0.4, 0.5) is 0 Å². The fraction of sp³-hybridized carbons (Fsp3) is 0.333. The van der Waals surface area contributed by atoms with Gasteiger partial charge in [0.05, 0.1) is 11.9 Å². The summed E-state index contributed by atoms with van der Waals surface area (Å²) >= 11 is 0. The number of fused-ring (bicyclic) bond motifs is 1. The molecule has 2 aromatic heterocycles. The summed E-state index contributed by atoms with van der Waals surface area (Å²) in [4.78, 5) is 4.74. The first-order valence-electron chi connectivity index (χ1n) is 11.2. The van der Waals surface area contributed by atoms with Crippen molar-refractivity contribution in [2.45, 2.75) is 51.9 Å². The molecule has 1 fully saturated rings. The molecule has 1 aromatic carbocycles. The minimum Gasteiger partial charge on any atom is -0.489 e. The van der Waals surface area contributed by atoms with E-state index in [1.165, 1.54) is 43.4 Å². The molecule has 0 saturated heterocycles. The molecule has 1 aliphatic carbocycles. The molecular weight excluding hydrogens is 382 g/mol. The summed E-state index contributed by atoms with van der Waals surface area (Å²) < 4.78 is 8.04. The predicted molar refractivity (Wildman–Crippen MR) is 128 cm³/mol. The summed E-state index contributed by atoms with van der Waals surface area (Å²) in [5, 5.41) is 4.69. The van der Waals surface area contributed by atoms with Crippen LogP contribution in [-0.2, 0) is 0 Å². The van der Waals surface area contributed by atoms with Crippen molar-refractivity contribution in [2.75, 3.05) is 6.61 Å². The third-order valence-corrected chi connectivity index (χ3v) is 6.07. The Labute approximate surface area is 185 Å². The van der Waals surface area contributed by atoms with E-state index in [0.29, 0.717) is 12.5 Å². The molecular formula is C27H31N3O. The van der Waals surface area contributed by atoms with E-state index in [2.05, 4.69) is 35.2 Å². The summed E-state index contributed by atoms with van der Waals surface area (Å²) in [6.45, 7) is 8.44. The van der Waals surface area contributed by atoms with Gasteiger partial charge in [0.2, 0.25) is 0 Å². The third-order valence-electron chi connectivity index (χ3n) is 6.07. The predicted octanol–water partition coefficient (Wildman–Crippen LogP) is 6.82. The van der Waals surface area contributed by atoms with E-state index < -0.39 is 0 Å². The summed E-state index contributed by atoms with van der Waals surface area (Å²) in [6, 6.07) is 8.33. The highest BCUT2D eigenvalue weighted by molar-refractivity contribution is 5.68. The molecule has 0 atom stereocenters. The Morgan fingerprint density at radius 2 is 1.94 bits per heavy atom. The van der Waals surface area contributed by atoms with E-state index in [4.69, 9.17) is 9.72 Å². The van der Waals surface area contributed by atoms with Gasteiger partial charge in [-0.1, -0.05) is 62.3 Å². The number of hydrogen-bond donors (Lipinski definition) is 0. The monoisotopic (exact) mass is 413 g/mol. The Kier molecular flexibility index (Phi) is 6.66. The van der Waals surface area contributed by atoms with Gasteiger partial charge in [-0.25, -0.2) is 9.50 Å². The Hall–Kier alpha value is -3.14. The number of aromatic nitrogens is 3. The first kappa shape index (κ1) is 21.1. The lowest BCUT2D eigenvalue weighted by atomic mass is 9.84. The fourth-order valence-corrected chi connectivity index (χ4v) is 4.35. The molecule has 0 aliphatic heterocycles. The highest BCUT2D eigenvalue weighted by Crippen LogP contribution is 2.38. The molecule has 160 valence electrons. The van der Waals surface area contributed by atoms with Gasteiger partial charge in [-0.3, -0.25) is 0 Å². The van der Waals surface area contributed by atoms with E-state index >= 15 is 0 Å². The van der Waals surface area contributed by atoms with Crippen LogP contribution in [0, 0.1) is 6.92 Å². The molecule has 1 saturated carbocycles. The molecule has 0 radical (unpaired) electrons. The van der Waals surface area contributed by atoms with Crippen LogP contribution < -0.4 is 4.74 Å². The number of benzene rings is 1. The van der Waals surface area contributed by atoms with Crippen LogP contribution in [0.25, 0.3) is 16.8 Å². The zero-order chi connectivity index (χ0) is 21.6. The number of aryl methyl sites for hydroxylation is 1. The van der Waals surface area contributed by atoms with E-state index in [0.717, 1.165) is 28.1 Å². The smallest absolute Gasteiger partial charge is 0.158 e. The molecule has 3 aromatic rings. The highest BCUT2D eigenvalue weighted by atomic mass is 16.5. The van der Waals surface area contributed by atoms with E-state index in [1.807, 2.05) is 55.8 Å². The third kappa shape index (κ3) is 4.63. The van der Waals surface area contributed by atoms with Gasteiger partial charge in [-0.2, -0.15) is 5.10 Å². The van der Waals surface area contributed by atoms with E-state index in [9.17, 15) is 0 Å². The standard InChI is InChI=1S/C27H31N3O/c1-4-6-10-21(5-2)19-31-24-15-13-22(14-16-24)25-18-28-27-20(3)17-29-30(27)26(25)23-11-8-7-9-12-23/h4-6,10,13-18,23H,2,7-9,11-12,19H2,1,3H3/b6-4-,21-10+. The summed E-state index contributed by atoms with van der Waals surface area (Å²) in [5.41, 5.74) is 6.77. The van der Waals surface area contributed by atoms with Gasteiger partial charge >= 0.3 is 0 Å². The van der Waals surface area contributed by atoms with Crippen LogP contribution in [-0.4, -0.2) is 21.2 Å². The van der Waals surface area contributed by atoms with Gasteiger partial charge in [0.25, 0.3) is 0 Å². The maximum Gasteiger partial charge on any atom is 0.158 e. The van der Waals surface area contributed by atoms with Crippen LogP contribution in [0.1, 0.15) is 56.2 Å². The van der Waals surface area contributed by atoms with E-state index in [1.54, 1.807) is 0 Å². The van der Waals surface area contributed by atoms with Crippen LogP contribution in [0.2, 0.25) is 0 Å². The number of hydrogen-bond acceptors (Lipinski definition) is 3. The summed E-state index contributed by atoms with van der Waals surface area (Å²) in [5.74, 6) is 1.37. The van der Waals surface area contributed by atoms with Crippen molar-refractivity contribution in [1.82, 2.24) is 14.6 Å². The topological polar surface area (TPSA) is 39.4 Å². The van der Waals surface area contributed by atoms with Crippen molar-refractivity contribution < 1.29 is 4.74 Å². The Bertz CT molecular complexity index is 1100. The Morgan fingerprint density at radius 3 is 2.65 bits per heavy atom. The molecule has 1 aliphatic rings. The maximum atomic E-state index is 5.96. The molecule has 2 heterocycles. The Morgan fingerprint density at radius 1 is 1.16 bits per heavy atom. The zero-order valence-electron chi connectivity index (χ0n) is 18.6. The van der Waals surface area contributed by atoms with Crippen molar-refractivity contribution in [3.63, 3.8) is 0 Å². The number of nitrogens with zero attached hydrogens (tertiary/aromatic N) is 3. The van der Waals surface area contributed by atoms with Crippen LogP contribution >= 0.6 is 0 Å². The number of rotatable bonds is 7. The lowest BCUT2D eigenvalue weighted by Gasteiger charge is -2.25. The van der Waals surface area contributed by atoms with Gasteiger partial charge in [0.1, 0.15) is 12.4 Å². The first-order valence-corrected chi connectivity index (χ1v) is 11.2. The lowest BCUT2D eigenvalue weighted by Crippen LogP contribution is -2.12. The molecule has 4 heteroatoms. The molecule has 0 N–H and O–H groups in total. The molecule has 0 bridgehead atoms. The van der Waals surface area contributed by atoms with E-state index in [-0.39, 0.29) is 0 Å². The fourth-order valence-electron chi connectivity index (χ4n) is 4.35. The van der Waals surface area contributed by atoms with Crippen LogP contribution in [0.15, 0.2) is 73.1 Å². The van der Waals surface area contributed by atoms with Gasteiger partial charge in [-0.05, 0) is 50.0 Å². The van der Waals surface area contributed by atoms with Gasteiger partial charge in [0.15, 0.2) is 5.65 Å². The van der Waals surface area contributed by atoms with Crippen molar-refractivity contribution in [2.24, 2.45) is 0 Å². The summed E-state index contributed by atoms with van der Waals surface area (Å²) in [7, 11) is 0. The van der Waals surface area contributed by atoms with Crippen LogP contribution in [0.5, 0.6) is 5.75 Å². The van der Waals surface area contributed by atoms with Crippen molar-refractivity contribution in [3.8, 4) is 16.9 Å². The van der Waals surface area contributed by atoms with Crippen molar-refractivity contribution >= 4 is 5.65 Å². The second kappa shape index (κ2) is 9.78. The lowest BCUT2D eigenvalue weighted by molar-refractivity contribution is 0.355. The number of allylic oxidation sites excluding steroid dienone is 3. The van der Waals surface area contributed by atoms with Crippen molar-refractivity contribution in [1.29, 1.82) is 0 Å². The molecule has 4 rings (SSSR count). The van der Waals surface area contributed by atoms with Crippen molar-refractivity contribution in [3.05, 3.63) is 84.4 Å². The second-order valence-corrected chi connectivity index (χ2v) is 8.24. The second-order valence-electron chi connectivity index (χ2n) is 8.24. The molecule has 0 unspecified atom stereocenters. The molecule has 4 nitrogen and oxygen atoms in total. The van der Waals surface area contributed by atoms with Gasteiger partial charge in [-0.15, -0.1) is 0 Å². The SMILES string of the molecule is C=C/C(=C\C=C/C)COc1ccc(-c2cnc3c(C)cnn3c2C2CCCCC2)cc1. The molecule has 0 spiro atoms. The molecule has 0 amide bonds. The van der Waals surface area contributed by atoms with Gasteiger partial charge in [0, 0.05) is 23.2 Å². The first-order chi connectivity index (χ1) is 15.2.